The summed E-state index contributed by atoms with van der Waals surface area (Å²) < 4.78 is 18.5. The van der Waals surface area contributed by atoms with Crippen LogP contribution < -0.4 is 10.6 Å². The predicted octanol–water partition coefficient (Wildman–Crippen LogP) is 2.23. The zero-order valence-corrected chi connectivity index (χ0v) is 10.4. The van der Waals surface area contributed by atoms with E-state index < -0.39 is 5.82 Å². The molecule has 0 unspecified atom stereocenters. The largest absolute Gasteiger partial charge is 0.383 e. The highest BCUT2D eigenvalue weighted by atomic mass is 19.1. The van der Waals surface area contributed by atoms with Crippen LogP contribution in [0.4, 0.5) is 15.8 Å². The predicted molar refractivity (Wildman–Crippen MR) is 69.7 cm³/mol. The second kappa shape index (κ2) is 7.70. The number of para-hydroxylation sites is 1. The average Bonchev–Trinajstić information content (AvgIpc) is 2.42. The van der Waals surface area contributed by atoms with Crippen LogP contribution in [0.2, 0.25) is 0 Å². The van der Waals surface area contributed by atoms with Crippen molar-refractivity contribution in [1.82, 2.24) is 0 Å². The van der Waals surface area contributed by atoms with Crippen molar-refractivity contribution in [2.75, 3.05) is 30.9 Å². The second-order valence-electron chi connectivity index (χ2n) is 3.51. The topological polar surface area (TPSA) is 80.9 Å². The maximum atomic E-state index is 13.7. The van der Waals surface area contributed by atoms with Crippen LogP contribution in [0.1, 0.15) is 0 Å². The second-order valence-corrected chi connectivity index (χ2v) is 3.51. The number of rotatable bonds is 6. The number of hydrogen-bond acceptors (Lipinski definition) is 5. The summed E-state index contributed by atoms with van der Waals surface area (Å²) in [7, 11) is 1.55. The summed E-state index contributed by atoms with van der Waals surface area (Å²) in [5.41, 5.74) is 0.622. The lowest BCUT2D eigenvalue weighted by Gasteiger charge is -2.12. The molecule has 0 aliphatic rings. The quantitative estimate of drug-likeness (QED) is 0.605. The molecule has 0 fully saturated rings. The minimum absolute atomic E-state index is 0.0906. The number of methoxy groups -OCH3 is 1. The number of nitrogens with one attached hydrogen (secondary N) is 2. The third kappa shape index (κ3) is 4.30. The van der Waals surface area contributed by atoms with Gasteiger partial charge < -0.3 is 15.4 Å². The molecule has 1 rings (SSSR count). The molecular weight excluding hydrogens is 247 g/mol. The van der Waals surface area contributed by atoms with E-state index in [0.29, 0.717) is 18.8 Å². The molecule has 0 amide bonds. The van der Waals surface area contributed by atoms with E-state index in [2.05, 4.69) is 10.6 Å². The molecule has 0 saturated carbocycles. The van der Waals surface area contributed by atoms with Gasteiger partial charge in [-0.25, -0.2) is 4.39 Å². The molecule has 98 valence electrons. The number of allylic oxidation sites excluding steroid dienone is 1. The molecule has 2 N–H and O–H groups in total. The highest BCUT2D eigenvalue weighted by Crippen LogP contribution is 2.24. The van der Waals surface area contributed by atoms with Crippen LogP contribution in [0.3, 0.4) is 0 Å². The molecule has 0 radical (unpaired) electrons. The van der Waals surface area contributed by atoms with Crippen molar-refractivity contribution in [2.24, 2.45) is 0 Å². The van der Waals surface area contributed by atoms with Crippen LogP contribution in [0, 0.1) is 28.5 Å². The van der Waals surface area contributed by atoms with Crippen molar-refractivity contribution in [3.05, 3.63) is 35.8 Å². The van der Waals surface area contributed by atoms with Crippen molar-refractivity contribution in [3.8, 4) is 12.1 Å². The molecule has 0 spiro atoms. The first-order valence-corrected chi connectivity index (χ1v) is 5.51. The van der Waals surface area contributed by atoms with Gasteiger partial charge in [-0.05, 0) is 12.1 Å². The van der Waals surface area contributed by atoms with Gasteiger partial charge in [0.25, 0.3) is 0 Å². The van der Waals surface area contributed by atoms with E-state index >= 15 is 0 Å². The first-order valence-electron chi connectivity index (χ1n) is 5.51. The van der Waals surface area contributed by atoms with Crippen molar-refractivity contribution in [1.29, 1.82) is 10.5 Å². The zero-order valence-electron chi connectivity index (χ0n) is 10.4. The SMILES string of the molecule is COCCNc1c(F)cccc1NC=C(C#N)C#N. The fourth-order valence-corrected chi connectivity index (χ4v) is 1.34. The lowest BCUT2D eigenvalue weighted by Crippen LogP contribution is -2.10. The number of halogens is 1. The summed E-state index contributed by atoms with van der Waals surface area (Å²) in [5, 5.41) is 22.8. The maximum absolute atomic E-state index is 13.7. The Morgan fingerprint density at radius 1 is 1.42 bits per heavy atom. The van der Waals surface area contributed by atoms with Crippen LogP contribution in [0.15, 0.2) is 30.0 Å². The lowest BCUT2D eigenvalue weighted by molar-refractivity contribution is 0.210. The minimum Gasteiger partial charge on any atom is -0.383 e. The van der Waals surface area contributed by atoms with Gasteiger partial charge in [0.1, 0.15) is 23.5 Å². The highest BCUT2D eigenvalue weighted by Gasteiger charge is 2.07. The molecule has 6 heteroatoms. The van der Waals surface area contributed by atoms with Gasteiger partial charge in [0.2, 0.25) is 0 Å². The van der Waals surface area contributed by atoms with Crippen LogP contribution >= 0.6 is 0 Å². The fraction of sp³-hybridized carbons (Fsp3) is 0.231. The van der Waals surface area contributed by atoms with Crippen molar-refractivity contribution in [3.63, 3.8) is 0 Å². The monoisotopic (exact) mass is 260 g/mol. The van der Waals surface area contributed by atoms with Gasteiger partial charge in [0.05, 0.1) is 18.0 Å². The number of hydrogen-bond donors (Lipinski definition) is 2. The van der Waals surface area contributed by atoms with Gasteiger partial charge in [-0.1, -0.05) is 6.07 Å². The Kier molecular flexibility index (Phi) is 5.87. The van der Waals surface area contributed by atoms with Crippen LogP contribution in [-0.2, 0) is 4.74 Å². The smallest absolute Gasteiger partial charge is 0.148 e. The zero-order chi connectivity index (χ0) is 14.1. The molecule has 1 aromatic rings. The Morgan fingerprint density at radius 3 is 2.79 bits per heavy atom. The molecule has 0 bridgehead atoms. The molecule has 19 heavy (non-hydrogen) atoms. The molecule has 0 saturated heterocycles. The van der Waals surface area contributed by atoms with E-state index in [9.17, 15) is 4.39 Å². The van der Waals surface area contributed by atoms with E-state index in [-0.39, 0.29) is 11.3 Å². The highest BCUT2D eigenvalue weighted by molar-refractivity contribution is 5.70. The summed E-state index contributed by atoms with van der Waals surface area (Å²) in [6.07, 6.45) is 1.23. The minimum atomic E-state index is -0.426. The standard InChI is InChI=1S/C13H13FN4O/c1-19-6-5-17-13-11(14)3-2-4-12(13)18-9-10(7-15)8-16/h2-4,9,17-18H,5-6H2,1H3. The van der Waals surface area contributed by atoms with E-state index in [4.69, 9.17) is 15.3 Å². The first kappa shape index (κ1) is 14.5. The summed E-state index contributed by atoms with van der Waals surface area (Å²) in [4.78, 5) is 0. The summed E-state index contributed by atoms with van der Waals surface area (Å²) >= 11 is 0. The Bertz CT molecular complexity index is 527. The normalized spacial score (nSPS) is 9.05. The van der Waals surface area contributed by atoms with Gasteiger partial charge in [0.15, 0.2) is 0 Å². The molecule has 0 aromatic heterocycles. The fourth-order valence-electron chi connectivity index (χ4n) is 1.34. The number of nitriles is 2. The Morgan fingerprint density at radius 2 is 2.16 bits per heavy atom. The molecule has 0 aliphatic carbocycles. The third-order valence-corrected chi connectivity index (χ3v) is 2.23. The van der Waals surface area contributed by atoms with Gasteiger partial charge >= 0.3 is 0 Å². The summed E-state index contributed by atoms with van der Waals surface area (Å²) in [6, 6.07) is 7.92. The van der Waals surface area contributed by atoms with Gasteiger partial charge in [-0.15, -0.1) is 0 Å². The summed E-state index contributed by atoms with van der Waals surface area (Å²) in [6.45, 7) is 0.879. The van der Waals surface area contributed by atoms with Crippen molar-refractivity contribution < 1.29 is 9.13 Å². The van der Waals surface area contributed by atoms with E-state index in [1.54, 1.807) is 25.3 Å². The van der Waals surface area contributed by atoms with Gasteiger partial charge in [-0.3, -0.25) is 0 Å². The Hall–Kier alpha value is -2.57. The van der Waals surface area contributed by atoms with Crippen LogP contribution in [0.5, 0.6) is 0 Å². The molecule has 5 nitrogen and oxygen atoms in total. The maximum Gasteiger partial charge on any atom is 0.148 e. The Balaban J connectivity index is 2.89. The molecule has 0 heterocycles. The number of nitrogens with zero attached hydrogens (tertiary/aromatic N) is 2. The molecule has 0 atom stereocenters. The van der Waals surface area contributed by atoms with Gasteiger partial charge in [-0.2, -0.15) is 10.5 Å². The van der Waals surface area contributed by atoms with E-state index in [1.165, 1.54) is 18.3 Å². The molecular formula is C13H13FN4O. The first-order chi connectivity index (χ1) is 9.22. The molecule has 1 aromatic carbocycles. The summed E-state index contributed by atoms with van der Waals surface area (Å²) in [5.74, 6) is -0.426. The number of benzene rings is 1. The Labute approximate surface area is 110 Å². The van der Waals surface area contributed by atoms with Crippen LogP contribution in [-0.4, -0.2) is 20.3 Å². The number of ether oxygens (including phenoxy) is 1. The van der Waals surface area contributed by atoms with Gasteiger partial charge in [0, 0.05) is 19.9 Å². The lowest BCUT2D eigenvalue weighted by atomic mass is 10.2. The average molecular weight is 260 g/mol. The van der Waals surface area contributed by atoms with E-state index in [0.717, 1.165) is 0 Å². The van der Waals surface area contributed by atoms with Crippen molar-refractivity contribution in [2.45, 2.75) is 0 Å². The molecule has 0 aliphatic heterocycles. The third-order valence-electron chi connectivity index (χ3n) is 2.23. The van der Waals surface area contributed by atoms with Crippen LogP contribution in [0.25, 0.3) is 0 Å². The van der Waals surface area contributed by atoms with Crippen molar-refractivity contribution >= 4 is 11.4 Å². The van der Waals surface area contributed by atoms with E-state index in [1.807, 2.05) is 0 Å². The number of anilines is 2.